The minimum Gasteiger partial charge on any atom is -0.423 e. The number of aryl methyl sites for hydroxylation is 2. The summed E-state index contributed by atoms with van der Waals surface area (Å²) < 4.78 is 9.88. The predicted octanol–water partition coefficient (Wildman–Crippen LogP) is 5.33. The third-order valence-electron chi connectivity index (χ3n) is 6.73. The molecule has 1 N–H and O–H groups in total. The number of ether oxygens (including phenoxy) is 2. The molecule has 0 fully saturated rings. The molecule has 1 amide bonds. The number of carbonyl (C=O) groups excluding carboxylic acids is 5. The fourth-order valence-electron chi connectivity index (χ4n) is 4.21. The first-order chi connectivity index (χ1) is 20.1. The molecule has 0 saturated carbocycles. The standard InChI is InChI=1S/C12H10O3.C11H11NO.C11H8O3/c1-7(2)12(14)15-9-4-3-8-5-11(13)10(8)6-9;1-2-11(13)12-10-6-5-8-3-4-9(8)7-10;1-2-11(13)14-8-4-3-7-5-10(12)9(7)6-8/h3-4,6H,1,5H2,2H3;2,5-7H,1,3-4H2,(H,12,13);2-4,6H,1,5H2. The predicted molar refractivity (Wildman–Crippen MR) is 158 cm³/mol. The zero-order valence-electron chi connectivity index (χ0n) is 23.2. The molecule has 0 saturated heterocycles. The van der Waals surface area contributed by atoms with E-state index >= 15 is 0 Å². The third-order valence-corrected chi connectivity index (χ3v) is 6.73. The van der Waals surface area contributed by atoms with Crippen molar-refractivity contribution >= 4 is 35.1 Å². The van der Waals surface area contributed by atoms with E-state index in [2.05, 4.69) is 31.1 Å². The summed E-state index contributed by atoms with van der Waals surface area (Å²) in [5.74, 6) is -0.163. The van der Waals surface area contributed by atoms with Crippen LogP contribution in [-0.2, 0) is 40.1 Å². The summed E-state index contributed by atoms with van der Waals surface area (Å²) in [7, 11) is 0. The quantitative estimate of drug-likeness (QED) is 0.245. The molecule has 0 radical (unpaired) electrons. The van der Waals surface area contributed by atoms with Gasteiger partial charge in [0, 0.05) is 41.3 Å². The Morgan fingerprint density at radius 3 is 1.74 bits per heavy atom. The number of hydrogen-bond donors (Lipinski definition) is 1. The van der Waals surface area contributed by atoms with Gasteiger partial charge in [-0.25, -0.2) is 9.59 Å². The Morgan fingerprint density at radius 1 is 0.738 bits per heavy atom. The molecule has 0 aromatic heterocycles. The van der Waals surface area contributed by atoms with Crippen molar-refractivity contribution in [2.45, 2.75) is 32.6 Å². The molecule has 3 aromatic carbocycles. The van der Waals surface area contributed by atoms with Crippen LogP contribution in [0.4, 0.5) is 5.69 Å². The van der Waals surface area contributed by atoms with Gasteiger partial charge in [0.15, 0.2) is 11.6 Å². The van der Waals surface area contributed by atoms with Gasteiger partial charge in [0.05, 0.1) is 0 Å². The number of benzene rings is 3. The lowest BCUT2D eigenvalue weighted by molar-refractivity contribution is -0.130. The SMILES string of the molecule is C=C(C)C(=O)Oc1ccc2c(c1)C(=O)C2.C=CC(=O)Nc1ccc2c(c1)CC2.C=CC(=O)Oc1ccc2c(c1)C(=O)C2. The molecule has 8 nitrogen and oxygen atoms in total. The lowest BCUT2D eigenvalue weighted by atomic mass is 9.87. The van der Waals surface area contributed by atoms with E-state index in [1.165, 1.54) is 23.6 Å². The third kappa shape index (κ3) is 7.03. The van der Waals surface area contributed by atoms with Crippen molar-refractivity contribution in [2.75, 3.05) is 5.32 Å². The van der Waals surface area contributed by atoms with Gasteiger partial charge in [-0.15, -0.1) is 0 Å². The number of esters is 2. The van der Waals surface area contributed by atoms with Gasteiger partial charge in [-0.2, -0.15) is 0 Å². The van der Waals surface area contributed by atoms with Gasteiger partial charge in [0.1, 0.15) is 11.5 Å². The first kappa shape index (κ1) is 29.6. The molecule has 3 aromatic rings. The second-order valence-corrected chi connectivity index (χ2v) is 9.81. The number of carbonyl (C=O) groups is 5. The van der Waals surface area contributed by atoms with E-state index in [9.17, 15) is 24.0 Å². The highest BCUT2D eigenvalue weighted by Gasteiger charge is 2.24. The maximum Gasteiger partial charge on any atom is 0.338 e. The topological polar surface area (TPSA) is 116 Å². The van der Waals surface area contributed by atoms with Crippen LogP contribution in [0.2, 0.25) is 0 Å². The number of ketones is 2. The minimum atomic E-state index is -0.517. The van der Waals surface area contributed by atoms with Crippen LogP contribution in [0.1, 0.15) is 49.9 Å². The Morgan fingerprint density at radius 2 is 1.29 bits per heavy atom. The first-order valence-electron chi connectivity index (χ1n) is 13.2. The molecule has 8 heteroatoms. The van der Waals surface area contributed by atoms with E-state index in [0.29, 0.717) is 41.0 Å². The van der Waals surface area contributed by atoms with Crippen LogP contribution in [0.3, 0.4) is 0 Å². The Kier molecular flexibility index (Phi) is 9.07. The van der Waals surface area contributed by atoms with Crippen LogP contribution >= 0.6 is 0 Å². The fourth-order valence-corrected chi connectivity index (χ4v) is 4.21. The van der Waals surface area contributed by atoms with E-state index < -0.39 is 11.9 Å². The van der Waals surface area contributed by atoms with E-state index in [0.717, 1.165) is 29.3 Å². The molecule has 0 atom stereocenters. The molecule has 0 unspecified atom stereocenters. The van der Waals surface area contributed by atoms with Crippen molar-refractivity contribution in [2.24, 2.45) is 0 Å². The summed E-state index contributed by atoms with van der Waals surface area (Å²) in [6, 6.07) is 16.2. The molecule has 0 spiro atoms. The van der Waals surface area contributed by atoms with Gasteiger partial charge >= 0.3 is 11.9 Å². The number of Topliss-reactive ketones (excluding diaryl/α,β-unsaturated/α-hetero) is 2. The van der Waals surface area contributed by atoms with E-state index in [-0.39, 0.29) is 17.5 Å². The molecule has 6 rings (SSSR count). The van der Waals surface area contributed by atoms with Crippen LogP contribution in [0.15, 0.2) is 92.1 Å². The van der Waals surface area contributed by atoms with Gasteiger partial charge in [0.2, 0.25) is 5.91 Å². The first-order valence-corrected chi connectivity index (χ1v) is 13.2. The van der Waals surface area contributed by atoms with E-state index in [1.54, 1.807) is 43.3 Å². The number of amides is 1. The highest BCUT2D eigenvalue weighted by Crippen LogP contribution is 2.28. The Hall–Kier alpha value is -5.37. The minimum absolute atomic E-state index is 0.0940. The van der Waals surface area contributed by atoms with Crippen molar-refractivity contribution in [3.63, 3.8) is 0 Å². The van der Waals surface area contributed by atoms with Crippen molar-refractivity contribution in [3.8, 4) is 11.5 Å². The van der Waals surface area contributed by atoms with Crippen molar-refractivity contribution in [1.82, 2.24) is 0 Å². The molecule has 3 aliphatic carbocycles. The van der Waals surface area contributed by atoms with Gasteiger partial charge in [0.25, 0.3) is 0 Å². The maximum absolute atomic E-state index is 11.2. The summed E-state index contributed by atoms with van der Waals surface area (Å²) in [5, 5.41) is 2.74. The van der Waals surface area contributed by atoms with Crippen molar-refractivity contribution in [1.29, 1.82) is 0 Å². The largest absolute Gasteiger partial charge is 0.423 e. The second kappa shape index (κ2) is 12.9. The molecule has 42 heavy (non-hydrogen) atoms. The highest BCUT2D eigenvalue weighted by molar-refractivity contribution is 6.07. The number of rotatable bonds is 6. The van der Waals surface area contributed by atoms with Crippen LogP contribution in [0.25, 0.3) is 0 Å². The molecule has 0 aliphatic heterocycles. The van der Waals surface area contributed by atoms with Gasteiger partial charge in [-0.1, -0.05) is 37.9 Å². The summed E-state index contributed by atoms with van der Waals surface area (Å²) in [6.45, 7) is 11.7. The van der Waals surface area contributed by atoms with Gasteiger partial charge < -0.3 is 14.8 Å². The lowest BCUT2D eigenvalue weighted by Crippen LogP contribution is -2.19. The number of anilines is 1. The highest BCUT2D eigenvalue weighted by atomic mass is 16.5. The zero-order valence-corrected chi connectivity index (χ0v) is 23.2. The van der Waals surface area contributed by atoms with Gasteiger partial charge in [-0.3, -0.25) is 14.4 Å². The Balaban J connectivity index is 0.000000145. The monoisotopic (exact) mass is 563 g/mol. The summed E-state index contributed by atoms with van der Waals surface area (Å²) >= 11 is 0. The molecule has 3 aliphatic rings. The molecule has 212 valence electrons. The maximum atomic E-state index is 11.2. The molecular weight excluding hydrogens is 534 g/mol. The normalized spacial score (nSPS) is 12.7. The summed E-state index contributed by atoms with van der Waals surface area (Å²) in [4.78, 5) is 55.2. The molecule has 0 heterocycles. The molecular formula is C34H29NO7. The molecule has 0 bridgehead atoms. The van der Waals surface area contributed by atoms with Crippen LogP contribution in [0.5, 0.6) is 11.5 Å². The number of fused-ring (bicyclic) bond motifs is 3. The Bertz CT molecular complexity index is 1660. The number of nitrogens with one attached hydrogen (secondary N) is 1. The number of hydrogen-bond acceptors (Lipinski definition) is 7. The summed E-state index contributed by atoms with van der Waals surface area (Å²) in [6.07, 6.45) is 5.65. The average molecular weight is 564 g/mol. The summed E-state index contributed by atoms with van der Waals surface area (Å²) in [5.41, 5.74) is 7.27. The smallest absolute Gasteiger partial charge is 0.338 e. The zero-order chi connectivity index (χ0) is 30.4. The van der Waals surface area contributed by atoms with Gasteiger partial charge in [-0.05, 0) is 84.5 Å². The average Bonchev–Trinajstić information content (AvgIpc) is 2.95. The second-order valence-electron chi connectivity index (χ2n) is 9.81. The van der Waals surface area contributed by atoms with E-state index in [4.69, 9.17) is 9.47 Å². The van der Waals surface area contributed by atoms with Crippen molar-refractivity contribution < 1.29 is 33.4 Å². The van der Waals surface area contributed by atoms with E-state index in [1.807, 2.05) is 12.1 Å². The van der Waals surface area contributed by atoms with Crippen molar-refractivity contribution in [3.05, 3.63) is 125 Å². The Labute approximate surface area is 243 Å². The van der Waals surface area contributed by atoms with Crippen LogP contribution in [0, 0.1) is 0 Å². The fraction of sp³-hybridized carbons (Fsp3) is 0.147. The lowest BCUT2D eigenvalue weighted by Gasteiger charge is -2.19. The van der Waals surface area contributed by atoms with Crippen LogP contribution in [-0.4, -0.2) is 29.4 Å². The van der Waals surface area contributed by atoms with Crippen LogP contribution < -0.4 is 14.8 Å².